The van der Waals surface area contributed by atoms with Gasteiger partial charge in [0.25, 0.3) is 5.91 Å². The molecule has 30 heavy (non-hydrogen) atoms. The third-order valence-corrected chi connectivity index (χ3v) is 5.62. The van der Waals surface area contributed by atoms with E-state index < -0.39 is 6.10 Å². The number of piperazine rings is 1. The molecule has 0 aliphatic carbocycles. The molecule has 1 aliphatic heterocycles. The van der Waals surface area contributed by atoms with Crippen LogP contribution in [0.5, 0.6) is 5.75 Å². The third-order valence-electron chi connectivity index (χ3n) is 5.62. The lowest BCUT2D eigenvalue weighted by atomic mass is 9.86. The molecule has 162 valence electrons. The molecule has 1 heterocycles. The standard InChI is InChI=1S/C25H34N2O3/c1-19-16-21(25(2,3)4)10-11-23(19)30-18-22(28)17-26-12-14-27(15-13-26)24(29)20-8-6-5-7-9-20/h5-11,16,22,28H,12-15,17-18H2,1-4H3. The number of aryl methyl sites for hydroxylation is 1. The molecule has 1 saturated heterocycles. The largest absolute Gasteiger partial charge is 0.491 e. The molecule has 1 aliphatic rings. The molecule has 0 aromatic heterocycles. The first-order valence-electron chi connectivity index (χ1n) is 10.7. The quantitative estimate of drug-likeness (QED) is 0.792. The maximum atomic E-state index is 12.5. The van der Waals surface area contributed by atoms with Crippen molar-refractivity contribution < 1.29 is 14.6 Å². The zero-order valence-corrected chi connectivity index (χ0v) is 18.6. The minimum Gasteiger partial charge on any atom is -0.491 e. The fourth-order valence-electron chi connectivity index (χ4n) is 3.71. The van der Waals surface area contributed by atoms with Crippen LogP contribution in [0.25, 0.3) is 0 Å². The molecule has 1 atom stereocenters. The summed E-state index contributed by atoms with van der Waals surface area (Å²) >= 11 is 0. The SMILES string of the molecule is Cc1cc(C(C)(C)C)ccc1OCC(O)CN1CCN(C(=O)c2ccccc2)CC1. The van der Waals surface area contributed by atoms with Crippen LogP contribution in [0, 0.1) is 6.92 Å². The molecule has 1 N–H and O–H groups in total. The lowest BCUT2D eigenvalue weighted by Gasteiger charge is -2.35. The summed E-state index contributed by atoms with van der Waals surface area (Å²) in [5.41, 5.74) is 3.19. The van der Waals surface area contributed by atoms with Gasteiger partial charge in [0.05, 0.1) is 0 Å². The molecule has 0 spiro atoms. The van der Waals surface area contributed by atoms with Crippen LogP contribution in [-0.2, 0) is 5.41 Å². The van der Waals surface area contributed by atoms with Crippen LogP contribution in [0.3, 0.4) is 0 Å². The molecule has 1 unspecified atom stereocenters. The Morgan fingerprint density at radius 1 is 1.07 bits per heavy atom. The van der Waals surface area contributed by atoms with E-state index in [0.29, 0.717) is 19.6 Å². The summed E-state index contributed by atoms with van der Waals surface area (Å²) in [7, 11) is 0. The fraction of sp³-hybridized carbons (Fsp3) is 0.480. The van der Waals surface area contributed by atoms with Crippen molar-refractivity contribution in [1.82, 2.24) is 9.80 Å². The van der Waals surface area contributed by atoms with Crippen LogP contribution in [-0.4, -0.2) is 66.2 Å². The van der Waals surface area contributed by atoms with Crippen molar-refractivity contribution in [3.63, 3.8) is 0 Å². The molecule has 2 aromatic carbocycles. The lowest BCUT2D eigenvalue weighted by Crippen LogP contribution is -2.50. The maximum Gasteiger partial charge on any atom is 0.253 e. The minimum atomic E-state index is -0.567. The number of β-amino-alcohol motifs (C(OH)–C–C–N with tert-alkyl or cyclic N) is 1. The third kappa shape index (κ3) is 5.83. The molecule has 2 aromatic rings. The lowest BCUT2D eigenvalue weighted by molar-refractivity contribution is 0.0402. The fourth-order valence-corrected chi connectivity index (χ4v) is 3.71. The van der Waals surface area contributed by atoms with Gasteiger partial charge in [0.2, 0.25) is 0 Å². The van der Waals surface area contributed by atoms with Gasteiger partial charge in [-0.15, -0.1) is 0 Å². The summed E-state index contributed by atoms with van der Waals surface area (Å²) in [4.78, 5) is 16.6. The topological polar surface area (TPSA) is 53.0 Å². The second kappa shape index (κ2) is 9.63. The van der Waals surface area contributed by atoms with E-state index in [1.54, 1.807) is 0 Å². The number of aliphatic hydroxyl groups is 1. The molecule has 1 amide bonds. The van der Waals surface area contributed by atoms with E-state index in [0.717, 1.165) is 30.0 Å². The Balaban J connectivity index is 1.44. The molecule has 1 fully saturated rings. The highest BCUT2D eigenvalue weighted by Crippen LogP contribution is 2.27. The summed E-state index contributed by atoms with van der Waals surface area (Å²) < 4.78 is 5.88. The number of aliphatic hydroxyl groups excluding tert-OH is 1. The van der Waals surface area contributed by atoms with Gasteiger partial charge in [0, 0.05) is 38.3 Å². The average molecular weight is 411 g/mol. The van der Waals surface area contributed by atoms with E-state index >= 15 is 0 Å². The van der Waals surface area contributed by atoms with Crippen LogP contribution in [0.2, 0.25) is 0 Å². The van der Waals surface area contributed by atoms with E-state index in [1.807, 2.05) is 48.2 Å². The first kappa shape index (κ1) is 22.3. The van der Waals surface area contributed by atoms with Crippen molar-refractivity contribution in [1.29, 1.82) is 0 Å². The van der Waals surface area contributed by atoms with Crippen molar-refractivity contribution in [2.24, 2.45) is 0 Å². The molecule has 0 bridgehead atoms. The van der Waals surface area contributed by atoms with Gasteiger partial charge < -0.3 is 14.7 Å². The number of carbonyl (C=O) groups excluding carboxylic acids is 1. The van der Waals surface area contributed by atoms with Crippen molar-refractivity contribution in [2.75, 3.05) is 39.3 Å². The van der Waals surface area contributed by atoms with Gasteiger partial charge >= 0.3 is 0 Å². The highest BCUT2D eigenvalue weighted by atomic mass is 16.5. The van der Waals surface area contributed by atoms with Gasteiger partial charge in [-0.25, -0.2) is 0 Å². The van der Waals surface area contributed by atoms with Gasteiger partial charge in [-0.1, -0.05) is 51.1 Å². The monoisotopic (exact) mass is 410 g/mol. The summed E-state index contributed by atoms with van der Waals surface area (Å²) in [6.07, 6.45) is -0.567. The number of rotatable bonds is 6. The van der Waals surface area contributed by atoms with Crippen LogP contribution in [0.15, 0.2) is 48.5 Å². The van der Waals surface area contributed by atoms with Gasteiger partial charge in [-0.05, 0) is 41.7 Å². The Bertz CT molecular complexity index is 837. The number of amides is 1. The molecule has 5 nitrogen and oxygen atoms in total. The van der Waals surface area contributed by atoms with Crippen LogP contribution in [0.1, 0.15) is 42.3 Å². The second-order valence-corrected chi connectivity index (χ2v) is 9.15. The summed E-state index contributed by atoms with van der Waals surface area (Å²) in [5.74, 6) is 0.897. The van der Waals surface area contributed by atoms with E-state index in [-0.39, 0.29) is 17.9 Å². The number of ether oxygens (including phenoxy) is 1. The van der Waals surface area contributed by atoms with Crippen molar-refractivity contribution in [3.05, 3.63) is 65.2 Å². The Labute approximate surface area is 180 Å². The Morgan fingerprint density at radius 3 is 2.33 bits per heavy atom. The zero-order valence-electron chi connectivity index (χ0n) is 18.6. The van der Waals surface area contributed by atoms with Crippen molar-refractivity contribution >= 4 is 5.91 Å². The Kier molecular flexibility index (Phi) is 7.16. The first-order valence-corrected chi connectivity index (χ1v) is 10.7. The van der Waals surface area contributed by atoms with Gasteiger partial charge in [0.1, 0.15) is 18.5 Å². The van der Waals surface area contributed by atoms with Gasteiger partial charge in [-0.2, -0.15) is 0 Å². The molecule has 0 saturated carbocycles. The van der Waals surface area contributed by atoms with E-state index in [4.69, 9.17) is 4.74 Å². The van der Waals surface area contributed by atoms with Crippen molar-refractivity contribution in [2.45, 2.75) is 39.2 Å². The van der Waals surface area contributed by atoms with E-state index in [9.17, 15) is 9.90 Å². The van der Waals surface area contributed by atoms with E-state index in [1.165, 1.54) is 5.56 Å². The summed E-state index contributed by atoms with van der Waals surface area (Å²) in [6.45, 7) is 12.3. The van der Waals surface area contributed by atoms with Gasteiger partial charge in [0.15, 0.2) is 0 Å². The second-order valence-electron chi connectivity index (χ2n) is 9.15. The summed E-state index contributed by atoms with van der Waals surface area (Å²) in [6, 6.07) is 15.6. The van der Waals surface area contributed by atoms with Gasteiger partial charge in [-0.3, -0.25) is 9.69 Å². The van der Waals surface area contributed by atoms with E-state index in [2.05, 4.69) is 37.8 Å². The molecule has 5 heteroatoms. The molecule has 0 radical (unpaired) electrons. The number of benzene rings is 2. The first-order chi connectivity index (χ1) is 14.2. The van der Waals surface area contributed by atoms with Crippen LogP contribution < -0.4 is 4.74 Å². The number of hydrogen-bond acceptors (Lipinski definition) is 4. The number of hydrogen-bond donors (Lipinski definition) is 1. The number of nitrogens with zero attached hydrogens (tertiary/aromatic N) is 2. The maximum absolute atomic E-state index is 12.5. The molecular weight excluding hydrogens is 376 g/mol. The van der Waals surface area contributed by atoms with Crippen molar-refractivity contribution in [3.8, 4) is 5.75 Å². The minimum absolute atomic E-state index is 0.0771. The Morgan fingerprint density at radius 2 is 1.73 bits per heavy atom. The smallest absolute Gasteiger partial charge is 0.253 e. The summed E-state index contributed by atoms with van der Waals surface area (Å²) in [5, 5.41) is 10.4. The van der Waals surface area contributed by atoms with Crippen LogP contribution >= 0.6 is 0 Å². The zero-order chi connectivity index (χ0) is 21.7. The highest BCUT2D eigenvalue weighted by molar-refractivity contribution is 5.94. The number of carbonyl (C=O) groups is 1. The average Bonchev–Trinajstić information content (AvgIpc) is 2.73. The molecule has 3 rings (SSSR count). The predicted molar refractivity (Wildman–Crippen MR) is 120 cm³/mol. The highest BCUT2D eigenvalue weighted by Gasteiger charge is 2.23. The Hall–Kier alpha value is -2.37. The predicted octanol–water partition coefficient (Wildman–Crippen LogP) is 3.49. The normalized spacial score (nSPS) is 16.4. The molecular formula is C25H34N2O3. The van der Waals surface area contributed by atoms with Crippen LogP contribution in [0.4, 0.5) is 0 Å².